The summed E-state index contributed by atoms with van der Waals surface area (Å²) in [5, 5.41) is 3.63. The molecule has 0 aliphatic carbocycles. The number of carbonyl (C=O) groups is 2. The highest BCUT2D eigenvalue weighted by Crippen LogP contribution is 2.25. The normalized spacial score (nSPS) is 10.3. The monoisotopic (exact) mass is 345 g/mol. The van der Waals surface area contributed by atoms with Gasteiger partial charge in [-0.15, -0.1) is 0 Å². The van der Waals surface area contributed by atoms with Crippen LogP contribution in [0.4, 0.5) is 11.5 Å². The molecule has 0 saturated carbocycles. The first-order valence-electron chi connectivity index (χ1n) is 7.48. The molecule has 6 nitrogen and oxygen atoms in total. The maximum atomic E-state index is 12.4. The van der Waals surface area contributed by atoms with Crippen molar-refractivity contribution in [1.29, 1.82) is 0 Å². The molecular formula is C17H19N3O3S. The number of benzene rings is 1. The SMILES string of the molecule is CCOC(=O)c1c(CC=O)nc(SC)nc1Nc1cccc(C)c1. The molecular weight excluding hydrogens is 326 g/mol. The van der Waals surface area contributed by atoms with Crippen LogP contribution in [-0.2, 0) is 16.0 Å². The first kappa shape index (κ1) is 17.9. The number of esters is 1. The van der Waals surface area contributed by atoms with E-state index >= 15 is 0 Å². The zero-order chi connectivity index (χ0) is 17.5. The Hall–Kier alpha value is -2.41. The van der Waals surface area contributed by atoms with Crippen molar-refractivity contribution in [1.82, 2.24) is 9.97 Å². The molecule has 0 unspecified atom stereocenters. The molecule has 0 spiro atoms. The van der Waals surface area contributed by atoms with Gasteiger partial charge < -0.3 is 14.8 Å². The average Bonchev–Trinajstić information content (AvgIpc) is 2.55. The standard InChI is InChI=1S/C17H19N3O3S/c1-4-23-16(22)14-13(8-9-21)19-17(24-3)20-15(14)18-12-7-5-6-11(2)10-12/h5-7,9-10H,4,8H2,1-3H3,(H,18,19,20). The number of carbonyl (C=O) groups excluding carboxylic acids is 2. The number of thioether (sulfide) groups is 1. The highest BCUT2D eigenvalue weighted by atomic mass is 32.2. The Morgan fingerprint density at radius 2 is 2.17 bits per heavy atom. The van der Waals surface area contributed by atoms with Crippen molar-refractivity contribution in [2.45, 2.75) is 25.4 Å². The summed E-state index contributed by atoms with van der Waals surface area (Å²) in [5.74, 6) is -0.201. The molecule has 0 bridgehead atoms. The molecule has 0 atom stereocenters. The van der Waals surface area contributed by atoms with Crippen LogP contribution in [0.25, 0.3) is 0 Å². The largest absolute Gasteiger partial charge is 0.462 e. The molecule has 0 aliphatic rings. The minimum absolute atomic E-state index is 0.0206. The second kappa shape index (κ2) is 8.44. The molecule has 0 amide bonds. The van der Waals surface area contributed by atoms with Crippen LogP contribution in [0.2, 0.25) is 0 Å². The van der Waals surface area contributed by atoms with E-state index in [-0.39, 0.29) is 18.6 Å². The Balaban J connectivity index is 2.54. The zero-order valence-corrected chi connectivity index (χ0v) is 14.6. The van der Waals surface area contributed by atoms with E-state index < -0.39 is 5.97 Å². The van der Waals surface area contributed by atoms with Crippen LogP contribution in [0.5, 0.6) is 0 Å². The number of hydrogen-bond donors (Lipinski definition) is 1. The summed E-state index contributed by atoms with van der Waals surface area (Å²) in [6.45, 7) is 3.93. The van der Waals surface area contributed by atoms with Crippen molar-refractivity contribution in [2.75, 3.05) is 18.2 Å². The molecule has 1 aromatic carbocycles. The van der Waals surface area contributed by atoms with E-state index in [0.29, 0.717) is 23.0 Å². The molecule has 24 heavy (non-hydrogen) atoms. The maximum Gasteiger partial charge on any atom is 0.343 e. The number of ether oxygens (including phenoxy) is 1. The lowest BCUT2D eigenvalue weighted by molar-refractivity contribution is -0.107. The second-order valence-electron chi connectivity index (χ2n) is 4.97. The van der Waals surface area contributed by atoms with Gasteiger partial charge in [-0.3, -0.25) is 0 Å². The summed E-state index contributed by atoms with van der Waals surface area (Å²) in [4.78, 5) is 32.0. The third kappa shape index (κ3) is 4.32. The summed E-state index contributed by atoms with van der Waals surface area (Å²) >= 11 is 1.34. The molecule has 1 N–H and O–H groups in total. The van der Waals surface area contributed by atoms with Gasteiger partial charge in [-0.25, -0.2) is 14.8 Å². The number of hydrogen-bond acceptors (Lipinski definition) is 7. The summed E-state index contributed by atoms with van der Waals surface area (Å²) in [6.07, 6.45) is 2.57. The number of rotatable bonds is 7. The van der Waals surface area contributed by atoms with Crippen LogP contribution in [0.1, 0.15) is 28.5 Å². The van der Waals surface area contributed by atoms with E-state index in [2.05, 4.69) is 15.3 Å². The fourth-order valence-electron chi connectivity index (χ4n) is 2.17. The van der Waals surface area contributed by atoms with E-state index in [1.807, 2.05) is 37.4 Å². The number of aromatic nitrogens is 2. The van der Waals surface area contributed by atoms with E-state index in [9.17, 15) is 9.59 Å². The summed E-state index contributed by atoms with van der Waals surface area (Å²) in [6, 6.07) is 7.70. The molecule has 0 saturated heterocycles. The fourth-order valence-corrected chi connectivity index (χ4v) is 2.55. The smallest absolute Gasteiger partial charge is 0.343 e. The number of aldehydes is 1. The van der Waals surface area contributed by atoms with Crippen molar-refractivity contribution >= 4 is 35.5 Å². The number of nitrogens with zero attached hydrogens (tertiary/aromatic N) is 2. The van der Waals surface area contributed by atoms with Crippen LogP contribution in [0, 0.1) is 6.92 Å². The van der Waals surface area contributed by atoms with E-state index in [0.717, 1.165) is 11.3 Å². The molecule has 2 aromatic rings. The predicted octanol–water partition coefficient (Wildman–Crippen LogP) is 3.17. The van der Waals surface area contributed by atoms with Gasteiger partial charge in [0.05, 0.1) is 12.3 Å². The summed E-state index contributed by atoms with van der Waals surface area (Å²) < 4.78 is 5.11. The second-order valence-corrected chi connectivity index (χ2v) is 5.74. The third-order valence-corrected chi connectivity index (χ3v) is 3.73. The summed E-state index contributed by atoms with van der Waals surface area (Å²) in [7, 11) is 0. The lowest BCUT2D eigenvalue weighted by Crippen LogP contribution is -2.15. The van der Waals surface area contributed by atoms with Crippen molar-refractivity contribution in [3.05, 3.63) is 41.1 Å². The molecule has 1 heterocycles. The first-order chi connectivity index (χ1) is 11.6. The van der Waals surface area contributed by atoms with Gasteiger partial charge >= 0.3 is 5.97 Å². The molecule has 126 valence electrons. The Morgan fingerprint density at radius 1 is 1.38 bits per heavy atom. The summed E-state index contributed by atoms with van der Waals surface area (Å²) in [5.41, 5.74) is 2.43. The Morgan fingerprint density at radius 3 is 2.79 bits per heavy atom. The maximum absolute atomic E-state index is 12.4. The van der Waals surface area contributed by atoms with E-state index in [1.165, 1.54) is 11.8 Å². The van der Waals surface area contributed by atoms with E-state index in [1.54, 1.807) is 6.92 Å². The lowest BCUT2D eigenvalue weighted by atomic mass is 10.1. The minimum Gasteiger partial charge on any atom is -0.462 e. The van der Waals surface area contributed by atoms with Gasteiger partial charge in [0.1, 0.15) is 17.7 Å². The van der Waals surface area contributed by atoms with Gasteiger partial charge in [0.25, 0.3) is 0 Å². The molecule has 7 heteroatoms. The Kier molecular flexibility index (Phi) is 6.31. The number of anilines is 2. The molecule has 0 fully saturated rings. The van der Waals surface area contributed by atoms with Crippen molar-refractivity contribution < 1.29 is 14.3 Å². The molecule has 2 rings (SSSR count). The predicted molar refractivity (Wildman–Crippen MR) is 94.0 cm³/mol. The van der Waals surface area contributed by atoms with Crippen molar-refractivity contribution in [3.8, 4) is 0 Å². The van der Waals surface area contributed by atoms with E-state index in [4.69, 9.17) is 4.74 Å². The third-order valence-electron chi connectivity index (χ3n) is 3.18. The number of nitrogens with one attached hydrogen (secondary N) is 1. The first-order valence-corrected chi connectivity index (χ1v) is 8.70. The van der Waals surface area contributed by atoms with Gasteiger partial charge in [-0.2, -0.15) is 0 Å². The zero-order valence-electron chi connectivity index (χ0n) is 13.8. The number of aryl methyl sites for hydroxylation is 1. The fraction of sp³-hybridized carbons (Fsp3) is 0.294. The highest BCUT2D eigenvalue weighted by molar-refractivity contribution is 7.98. The highest BCUT2D eigenvalue weighted by Gasteiger charge is 2.22. The topological polar surface area (TPSA) is 81.2 Å². The molecule has 0 aliphatic heterocycles. The lowest BCUT2D eigenvalue weighted by Gasteiger charge is -2.14. The Bertz CT molecular complexity index is 750. The Labute approximate surface area is 145 Å². The molecule has 1 aromatic heterocycles. The van der Waals surface area contributed by atoms with Crippen LogP contribution in [-0.4, -0.2) is 35.1 Å². The van der Waals surface area contributed by atoms with Gasteiger partial charge in [0.2, 0.25) is 0 Å². The average molecular weight is 345 g/mol. The van der Waals surface area contributed by atoms with Crippen LogP contribution in [0.15, 0.2) is 29.4 Å². The van der Waals surface area contributed by atoms with Crippen LogP contribution < -0.4 is 5.32 Å². The van der Waals surface area contributed by atoms with Crippen molar-refractivity contribution in [3.63, 3.8) is 0 Å². The quantitative estimate of drug-likeness (QED) is 0.357. The van der Waals surface area contributed by atoms with Crippen molar-refractivity contribution in [2.24, 2.45) is 0 Å². The molecule has 0 radical (unpaired) electrons. The van der Waals surface area contributed by atoms with Gasteiger partial charge in [-0.05, 0) is 37.8 Å². The van der Waals surface area contributed by atoms with Gasteiger partial charge in [-0.1, -0.05) is 23.9 Å². The minimum atomic E-state index is -0.544. The van der Waals surface area contributed by atoms with Crippen LogP contribution >= 0.6 is 11.8 Å². The van der Waals surface area contributed by atoms with Gasteiger partial charge in [0.15, 0.2) is 5.16 Å². The van der Waals surface area contributed by atoms with Gasteiger partial charge in [0, 0.05) is 12.1 Å². The van der Waals surface area contributed by atoms with Crippen LogP contribution in [0.3, 0.4) is 0 Å².